The van der Waals surface area contributed by atoms with E-state index >= 15 is 0 Å². The molecular formula is C65H103N9O5+6. The Morgan fingerprint density at radius 2 is 0.911 bits per heavy atom. The Morgan fingerprint density at radius 3 is 1.51 bits per heavy atom. The third kappa shape index (κ3) is 27.2. The number of hydrogen-bond acceptors (Lipinski definition) is 5. The molecule has 6 heterocycles. The van der Waals surface area contributed by atoms with Crippen molar-refractivity contribution in [1.29, 1.82) is 0 Å². The number of rotatable bonds is 36. The fourth-order valence-corrected chi connectivity index (χ4v) is 9.67. The monoisotopic (exact) mass is 1090 g/mol. The predicted molar refractivity (Wildman–Crippen MR) is 319 cm³/mol. The number of aromatic nitrogens is 6. The van der Waals surface area contributed by atoms with Gasteiger partial charge in [-0.25, -0.2) is 41.1 Å². The minimum atomic E-state index is 0. The maximum atomic E-state index is 8.89. The molecule has 0 spiro atoms. The highest BCUT2D eigenvalue weighted by Gasteiger charge is 2.18. The van der Waals surface area contributed by atoms with E-state index in [-0.39, 0.29) is 28.1 Å². The second-order valence-corrected chi connectivity index (χ2v) is 20.4. The van der Waals surface area contributed by atoms with Gasteiger partial charge in [-0.15, -0.1) is 0 Å². The van der Waals surface area contributed by atoms with E-state index in [2.05, 4.69) is 189 Å². The van der Waals surface area contributed by atoms with Crippen LogP contribution in [-0.2, 0) is 59.9 Å². The Hall–Kier alpha value is -5.90. The lowest BCUT2D eigenvalue weighted by Crippen LogP contribution is -2.32. The van der Waals surface area contributed by atoms with Crippen LogP contribution in [0.1, 0.15) is 104 Å². The summed E-state index contributed by atoms with van der Waals surface area (Å²) < 4.78 is 36.4. The van der Waals surface area contributed by atoms with Gasteiger partial charge in [-0.1, -0.05) is 102 Å². The molecule has 5 aromatic rings. The molecule has 3 aliphatic heterocycles. The topological polar surface area (TPSA) is 104 Å². The van der Waals surface area contributed by atoms with E-state index in [1.807, 2.05) is 38.6 Å². The Morgan fingerprint density at radius 1 is 0.443 bits per heavy atom. The molecule has 0 radical (unpaired) electrons. The number of aliphatic hydroxyl groups excluding tert-OH is 2. The maximum Gasteiger partial charge on any atom is 0.244 e. The normalized spacial score (nSPS) is 15.9. The minimum Gasteiger partial charge on any atom is -0.392 e. The van der Waals surface area contributed by atoms with Crippen molar-refractivity contribution in [2.75, 3.05) is 72.5 Å². The van der Waals surface area contributed by atoms with Crippen LogP contribution in [0.15, 0.2) is 154 Å². The first kappa shape index (κ1) is 65.6. The van der Waals surface area contributed by atoms with Crippen LogP contribution in [0, 0.1) is 17.8 Å². The van der Waals surface area contributed by atoms with Crippen LogP contribution >= 0.6 is 0 Å². The van der Waals surface area contributed by atoms with Gasteiger partial charge in [0.2, 0.25) is 19.0 Å². The molecule has 8 rings (SSSR count). The highest BCUT2D eigenvalue weighted by atomic mass is 16.5. The smallest absolute Gasteiger partial charge is 0.244 e. The number of hydrogen-bond donors (Lipinski definition) is 2. The summed E-state index contributed by atoms with van der Waals surface area (Å²) in [5, 5.41) is 17.8. The fourth-order valence-electron chi connectivity index (χ4n) is 9.67. The SMILES string of the molecule is C.C.C1=C[N+](CCCCCn2cc[n+](Cc3ccccc3)c2)=CC1Cc1ccccc1.CCCC1C=C[N+](CCCCC[n+]2ccn(CCO)c2)=C1.CCCC1C=C[N+](CCOCCOCCOCCn2cc[n+](CCO)c2)=C1. The summed E-state index contributed by atoms with van der Waals surface area (Å²) in [7, 11) is 0. The van der Waals surface area contributed by atoms with Gasteiger partial charge in [-0.05, 0) is 74.3 Å². The summed E-state index contributed by atoms with van der Waals surface area (Å²) in [4.78, 5) is 0. The average molecular weight is 1090 g/mol. The molecule has 432 valence electrons. The maximum absolute atomic E-state index is 8.89. The molecule has 2 aromatic carbocycles. The van der Waals surface area contributed by atoms with Crippen molar-refractivity contribution in [2.24, 2.45) is 17.8 Å². The number of aryl methyl sites for hydroxylation is 2. The van der Waals surface area contributed by atoms with Gasteiger partial charge in [-0.2, -0.15) is 0 Å². The van der Waals surface area contributed by atoms with Gasteiger partial charge in [0.25, 0.3) is 0 Å². The fraction of sp³-hybridized carbons (Fsp3) is 0.538. The van der Waals surface area contributed by atoms with Gasteiger partial charge in [0, 0.05) is 12.8 Å². The third-order valence-electron chi connectivity index (χ3n) is 13.8. The Labute approximate surface area is 475 Å². The highest BCUT2D eigenvalue weighted by Crippen LogP contribution is 2.14. The van der Waals surface area contributed by atoms with Crippen LogP contribution in [0.25, 0.3) is 0 Å². The van der Waals surface area contributed by atoms with Crippen LogP contribution in [0.2, 0.25) is 0 Å². The van der Waals surface area contributed by atoms with Crippen molar-refractivity contribution in [2.45, 2.75) is 139 Å². The van der Waals surface area contributed by atoms with Crippen LogP contribution in [0.4, 0.5) is 0 Å². The largest absolute Gasteiger partial charge is 0.392 e. The van der Waals surface area contributed by atoms with Crippen molar-refractivity contribution < 1.29 is 51.9 Å². The number of benzene rings is 2. The molecule has 3 aliphatic rings. The lowest BCUT2D eigenvalue weighted by molar-refractivity contribution is -0.697. The van der Waals surface area contributed by atoms with Crippen molar-refractivity contribution in [1.82, 2.24) is 13.7 Å². The van der Waals surface area contributed by atoms with E-state index in [1.165, 1.54) is 75.3 Å². The number of nitrogens with zero attached hydrogens (tertiary/aromatic N) is 9. The molecule has 3 atom stereocenters. The molecule has 0 fully saturated rings. The van der Waals surface area contributed by atoms with E-state index in [9.17, 15) is 0 Å². The Balaban J connectivity index is 0.000000255. The highest BCUT2D eigenvalue weighted by molar-refractivity contribution is 5.61. The molecule has 0 aliphatic carbocycles. The molecule has 0 bridgehead atoms. The molecule has 0 saturated carbocycles. The second-order valence-electron chi connectivity index (χ2n) is 20.4. The zero-order chi connectivity index (χ0) is 53.8. The van der Waals surface area contributed by atoms with E-state index in [1.54, 1.807) is 0 Å². The van der Waals surface area contributed by atoms with Gasteiger partial charge in [-0.3, -0.25) is 0 Å². The lowest BCUT2D eigenvalue weighted by atomic mass is 10.0. The number of imidazole rings is 3. The minimum absolute atomic E-state index is 0. The average Bonchev–Trinajstić information content (AvgIpc) is 4.33. The van der Waals surface area contributed by atoms with E-state index in [0.717, 1.165) is 52.2 Å². The second kappa shape index (κ2) is 40.3. The first-order valence-corrected chi connectivity index (χ1v) is 29.0. The van der Waals surface area contributed by atoms with Gasteiger partial charge in [0.15, 0.2) is 43.8 Å². The standard InChI is InChI=1S/C26H31N3.C20H35N3O4.C17H29N3O.2CH4/c1-4-10-24(11-5-1)20-26-14-17-27(22-26)15-8-3-9-16-28-18-19-29(23-28)21-25-12-6-2-7-13-25;1-2-3-20-4-5-21(18-20)9-12-25-14-16-27-17-15-26-13-10-23-7-6-22(19-23)8-11-24;1-2-6-17-7-10-18(15-17)8-4-3-5-9-19-11-12-20(16-19)13-14-21;;/h1-2,4-7,10-14,17-19,22-23,26H,3,8-9,15-16,20-21H2;4-7,18-20,24H,2-3,8-17H2,1H3;7,10-12,15-17,21H,2-6,8-9,13-14H2,1H3;2*1H4/q3*+2;;. The third-order valence-corrected chi connectivity index (χ3v) is 13.8. The van der Waals surface area contributed by atoms with Gasteiger partial charge >= 0.3 is 0 Å². The summed E-state index contributed by atoms with van der Waals surface area (Å²) in [5.41, 5.74) is 2.76. The molecule has 79 heavy (non-hydrogen) atoms. The molecule has 0 saturated heterocycles. The Kier molecular flexibility index (Phi) is 33.5. The van der Waals surface area contributed by atoms with Gasteiger partial charge in [0.05, 0.1) is 77.1 Å². The number of ether oxygens (including phenoxy) is 3. The summed E-state index contributed by atoms with van der Waals surface area (Å²) in [6.07, 6.45) is 52.8. The van der Waals surface area contributed by atoms with Gasteiger partial charge in [0.1, 0.15) is 83.1 Å². The first-order valence-electron chi connectivity index (χ1n) is 29.0. The van der Waals surface area contributed by atoms with E-state index < -0.39 is 0 Å². The predicted octanol–water partition coefficient (Wildman–Crippen LogP) is 8.55. The molecule has 14 heteroatoms. The molecular weight excluding hydrogens is 987 g/mol. The number of unbranched alkanes of at least 4 members (excludes halogenated alkanes) is 4. The molecule has 0 amide bonds. The van der Waals surface area contributed by atoms with Crippen LogP contribution in [-0.4, -0.2) is 129 Å². The molecule has 2 N–H and O–H groups in total. The van der Waals surface area contributed by atoms with Crippen molar-refractivity contribution >= 4 is 18.6 Å². The van der Waals surface area contributed by atoms with Crippen molar-refractivity contribution in [3.8, 4) is 0 Å². The zero-order valence-electron chi connectivity index (χ0n) is 46.8. The molecule has 3 unspecified atom stereocenters. The number of aliphatic hydroxyl groups is 2. The first-order chi connectivity index (χ1) is 38.0. The van der Waals surface area contributed by atoms with Crippen LogP contribution in [0.5, 0.6) is 0 Å². The van der Waals surface area contributed by atoms with Crippen LogP contribution < -0.4 is 13.7 Å². The molecule has 3 aromatic heterocycles. The summed E-state index contributed by atoms with van der Waals surface area (Å²) in [5.74, 6) is 1.80. The van der Waals surface area contributed by atoms with E-state index in [4.69, 9.17) is 24.4 Å². The Bertz CT molecular complexity index is 2530. The number of allylic oxidation sites excluding steroid dienone is 3. The zero-order valence-corrected chi connectivity index (χ0v) is 46.8. The van der Waals surface area contributed by atoms with Crippen LogP contribution in [0.3, 0.4) is 0 Å². The summed E-state index contributed by atoms with van der Waals surface area (Å²) in [6.45, 7) is 16.9. The molecule has 14 nitrogen and oxygen atoms in total. The summed E-state index contributed by atoms with van der Waals surface area (Å²) >= 11 is 0. The lowest BCUT2D eigenvalue weighted by Gasteiger charge is -2.05. The quantitative estimate of drug-likeness (QED) is 0.0310. The van der Waals surface area contributed by atoms with Gasteiger partial charge < -0.3 is 24.4 Å². The summed E-state index contributed by atoms with van der Waals surface area (Å²) in [6, 6.07) is 21.4. The van der Waals surface area contributed by atoms with E-state index in [0.29, 0.717) is 70.5 Å². The van der Waals surface area contributed by atoms with Crippen molar-refractivity contribution in [3.05, 3.63) is 165 Å². The van der Waals surface area contributed by atoms with Crippen molar-refractivity contribution in [3.63, 3.8) is 0 Å².